The second-order valence-electron chi connectivity index (χ2n) is 5.80. The van der Waals surface area contributed by atoms with E-state index in [1.54, 1.807) is 12.1 Å². The van der Waals surface area contributed by atoms with Crippen molar-refractivity contribution in [2.24, 2.45) is 0 Å². The zero-order chi connectivity index (χ0) is 17.4. The summed E-state index contributed by atoms with van der Waals surface area (Å²) >= 11 is 0. The fraction of sp³-hybridized carbons (Fsp3) is 0.350. The Kier molecular flexibility index (Phi) is 6.79. The predicted molar refractivity (Wildman–Crippen MR) is 93.6 cm³/mol. The normalized spacial score (nSPS) is 11.8. The molecule has 0 saturated heterocycles. The smallest absolute Gasteiger partial charge is 0.261 e. The molecule has 0 bridgehead atoms. The maximum atomic E-state index is 12.8. The van der Waals surface area contributed by atoms with Crippen molar-refractivity contribution < 1.29 is 13.9 Å². The lowest BCUT2D eigenvalue weighted by Crippen LogP contribution is -2.38. The molecule has 0 aromatic heterocycles. The molecule has 3 nitrogen and oxygen atoms in total. The van der Waals surface area contributed by atoms with Crippen LogP contribution < -0.4 is 10.1 Å². The van der Waals surface area contributed by atoms with Gasteiger partial charge in [-0.1, -0.05) is 37.3 Å². The van der Waals surface area contributed by atoms with Crippen LogP contribution in [-0.4, -0.2) is 18.6 Å². The van der Waals surface area contributed by atoms with Crippen molar-refractivity contribution in [3.05, 3.63) is 65.5 Å². The average molecular weight is 329 g/mol. The first-order valence-corrected chi connectivity index (χ1v) is 8.34. The van der Waals surface area contributed by atoms with Gasteiger partial charge in [-0.3, -0.25) is 4.79 Å². The fourth-order valence-electron chi connectivity index (χ4n) is 2.43. The number of rotatable bonds is 8. The number of ether oxygens (including phenoxy) is 1. The van der Waals surface area contributed by atoms with Crippen LogP contribution >= 0.6 is 0 Å². The molecular weight excluding hydrogens is 305 g/mol. The van der Waals surface area contributed by atoms with Crippen LogP contribution in [0.1, 0.15) is 30.9 Å². The minimum absolute atomic E-state index is 0.0974. The highest BCUT2D eigenvalue weighted by atomic mass is 19.1. The van der Waals surface area contributed by atoms with Gasteiger partial charge in [-0.15, -0.1) is 0 Å². The monoisotopic (exact) mass is 329 g/mol. The lowest BCUT2D eigenvalue weighted by Gasteiger charge is -2.18. The minimum atomic E-state index is -0.489. The molecule has 4 heteroatoms. The van der Waals surface area contributed by atoms with Crippen LogP contribution in [0, 0.1) is 12.7 Å². The van der Waals surface area contributed by atoms with Crippen LogP contribution in [0.4, 0.5) is 4.39 Å². The molecule has 0 aliphatic carbocycles. The van der Waals surface area contributed by atoms with E-state index in [1.807, 2.05) is 38.1 Å². The number of benzene rings is 2. The van der Waals surface area contributed by atoms with Crippen LogP contribution in [0.5, 0.6) is 5.75 Å². The van der Waals surface area contributed by atoms with Crippen molar-refractivity contribution in [2.75, 3.05) is 6.54 Å². The third-order valence-corrected chi connectivity index (χ3v) is 3.88. The van der Waals surface area contributed by atoms with Gasteiger partial charge in [0.05, 0.1) is 0 Å². The third kappa shape index (κ3) is 5.37. The molecule has 1 amide bonds. The number of halogens is 1. The number of hydrogen-bond acceptors (Lipinski definition) is 2. The summed E-state index contributed by atoms with van der Waals surface area (Å²) in [5.41, 5.74) is 2.08. The third-order valence-electron chi connectivity index (χ3n) is 3.88. The molecule has 0 fully saturated rings. The number of aryl methyl sites for hydroxylation is 2. The quantitative estimate of drug-likeness (QED) is 0.742. The maximum absolute atomic E-state index is 12.8. The van der Waals surface area contributed by atoms with E-state index in [2.05, 4.69) is 5.32 Å². The summed E-state index contributed by atoms with van der Waals surface area (Å²) in [5.74, 6) is 0.414. The molecule has 128 valence electrons. The van der Waals surface area contributed by atoms with Gasteiger partial charge >= 0.3 is 0 Å². The van der Waals surface area contributed by atoms with E-state index in [4.69, 9.17) is 4.74 Å². The molecule has 1 atom stereocenters. The second-order valence-corrected chi connectivity index (χ2v) is 5.80. The summed E-state index contributed by atoms with van der Waals surface area (Å²) in [7, 11) is 0. The molecule has 2 rings (SSSR count). The van der Waals surface area contributed by atoms with Gasteiger partial charge in [0.2, 0.25) is 0 Å². The van der Waals surface area contributed by atoms with Crippen LogP contribution in [0.15, 0.2) is 48.5 Å². The lowest BCUT2D eigenvalue weighted by atomic mass is 10.1. The van der Waals surface area contributed by atoms with Crippen molar-refractivity contribution in [2.45, 2.75) is 39.2 Å². The van der Waals surface area contributed by atoms with Crippen LogP contribution in [0.25, 0.3) is 0 Å². The number of carbonyl (C=O) groups excluding carboxylic acids is 1. The van der Waals surface area contributed by atoms with Crippen LogP contribution in [-0.2, 0) is 11.2 Å². The van der Waals surface area contributed by atoms with Crippen molar-refractivity contribution >= 4 is 5.91 Å². The Morgan fingerprint density at radius 3 is 2.54 bits per heavy atom. The molecular formula is C20H24FNO2. The summed E-state index contributed by atoms with van der Waals surface area (Å²) in [6.45, 7) is 4.47. The van der Waals surface area contributed by atoms with Crippen molar-refractivity contribution in [1.82, 2.24) is 5.32 Å². The Hall–Kier alpha value is -2.36. The molecule has 0 spiro atoms. The van der Waals surface area contributed by atoms with E-state index in [0.717, 1.165) is 29.7 Å². The van der Waals surface area contributed by atoms with E-state index in [0.29, 0.717) is 13.0 Å². The number of carbonyl (C=O) groups is 1. The van der Waals surface area contributed by atoms with E-state index in [-0.39, 0.29) is 11.7 Å². The molecule has 0 aliphatic heterocycles. The van der Waals surface area contributed by atoms with Gasteiger partial charge in [0.1, 0.15) is 11.6 Å². The van der Waals surface area contributed by atoms with Gasteiger partial charge in [-0.25, -0.2) is 4.39 Å². The van der Waals surface area contributed by atoms with Gasteiger partial charge in [0.25, 0.3) is 5.91 Å². The number of hydrogen-bond donors (Lipinski definition) is 1. The Morgan fingerprint density at radius 1 is 1.17 bits per heavy atom. The fourth-order valence-corrected chi connectivity index (χ4v) is 2.43. The molecule has 0 aliphatic rings. The highest BCUT2D eigenvalue weighted by Gasteiger charge is 2.18. The molecule has 0 radical (unpaired) electrons. The summed E-state index contributed by atoms with van der Waals surface area (Å²) in [6.07, 6.45) is 1.73. The zero-order valence-corrected chi connectivity index (χ0v) is 14.2. The topological polar surface area (TPSA) is 38.3 Å². The molecule has 0 saturated carbocycles. The number of amides is 1. The second kappa shape index (κ2) is 9.06. The Labute approximate surface area is 142 Å². The average Bonchev–Trinajstić information content (AvgIpc) is 2.59. The summed E-state index contributed by atoms with van der Waals surface area (Å²) in [5, 5.41) is 2.92. The summed E-state index contributed by atoms with van der Waals surface area (Å²) < 4.78 is 18.7. The van der Waals surface area contributed by atoms with Gasteiger partial charge in [0, 0.05) is 6.54 Å². The van der Waals surface area contributed by atoms with Gasteiger partial charge in [-0.05, 0) is 55.5 Å². The standard InChI is InChI=1S/C20H24FNO2/c1-3-18(24-19-9-5-4-7-15(19)2)20(23)22-14-6-8-16-10-12-17(21)13-11-16/h4-5,7,9-13,18H,3,6,8,14H2,1-2H3,(H,22,23). The Bertz CT molecular complexity index is 655. The van der Waals surface area contributed by atoms with Crippen molar-refractivity contribution in [1.29, 1.82) is 0 Å². The largest absolute Gasteiger partial charge is 0.480 e. The van der Waals surface area contributed by atoms with Gasteiger partial charge in [0.15, 0.2) is 6.10 Å². The first-order valence-electron chi connectivity index (χ1n) is 8.34. The van der Waals surface area contributed by atoms with E-state index in [9.17, 15) is 9.18 Å². The number of nitrogens with one attached hydrogen (secondary N) is 1. The predicted octanol–water partition coefficient (Wildman–Crippen LogP) is 4.04. The Balaban J connectivity index is 1.77. The van der Waals surface area contributed by atoms with E-state index < -0.39 is 6.10 Å². The minimum Gasteiger partial charge on any atom is -0.480 e. The van der Waals surface area contributed by atoms with Crippen LogP contribution in [0.3, 0.4) is 0 Å². The molecule has 0 heterocycles. The van der Waals surface area contributed by atoms with Crippen molar-refractivity contribution in [3.63, 3.8) is 0 Å². The molecule has 1 N–H and O–H groups in total. The first kappa shape index (κ1) is 18.0. The molecule has 2 aromatic rings. The SMILES string of the molecule is CCC(Oc1ccccc1C)C(=O)NCCCc1ccc(F)cc1. The molecule has 2 aromatic carbocycles. The van der Waals surface area contributed by atoms with E-state index in [1.165, 1.54) is 12.1 Å². The van der Waals surface area contributed by atoms with Crippen molar-refractivity contribution in [3.8, 4) is 5.75 Å². The van der Waals surface area contributed by atoms with Crippen LogP contribution in [0.2, 0.25) is 0 Å². The zero-order valence-electron chi connectivity index (χ0n) is 14.2. The molecule has 24 heavy (non-hydrogen) atoms. The highest BCUT2D eigenvalue weighted by Crippen LogP contribution is 2.18. The Morgan fingerprint density at radius 2 is 1.88 bits per heavy atom. The first-order chi connectivity index (χ1) is 11.6. The number of para-hydroxylation sites is 1. The summed E-state index contributed by atoms with van der Waals surface area (Å²) in [4.78, 5) is 12.3. The summed E-state index contributed by atoms with van der Waals surface area (Å²) in [6, 6.07) is 14.1. The molecule has 1 unspecified atom stereocenters. The van der Waals surface area contributed by atoms with Gasteiger partial charge in [-0.2, -0.15) is 0 Å². The lowest BCUT2D eigenvalue weighted by molar-refractivity contribution is -0.128. The van der Waals surface area contributed by atoms with Gasteiger partial charge < -0.3 is 10.1 Å². The maximum Gasteiger partial charge on any atom is 0.261 e. The highest BCUT2D eigenvalue weighted by molar-refractivity contribution is 5.81. The van der Waals surface area contributed by atoms with E-state index >= 15 is 0 Å².